The number of Topliss-reactive ketones (excluding diaryl/α,β-unsaturated/α-hetero) is 1. The molecule has 0 fully saturated rings. The van der Waals surface area contributed by atoms with Gasteiger partial charge in [-0.2, -0.15) is 11.3 Å². The zero-order valence-corrected chi connectivity index (χ0v) is 19.5. The van der Waals surface area contributed by atoms with Crippen LogP contribution in [0.1, 0.15) is 54.7 Å². The van der Waals surface area contributed by atoms with Crippen LogP contribution in [0.15, 0.2) is 55.1 Å². The Morgan fingerprint density at radius 3 is 2.76 bits per heavy atom. The fourth-order valence-electron chi connectivity index (χ4n) is 5.18. The summed E-state index contributed by atoms with van der Waals surface area (Å²) in [5.41, 5.74) is 5.36. The highest BCUT2D eigenvalue weighted by Crippen LogP contribution is 2.45. The second-order valence-corrected chi connectivity index (χ2v) is 9.98. The van der Waals surface area contributed by atoms with E-state index < -0.39 is 5.82 Å². The van der Waals surface area contributed by atoms with Crippen LogP contribution in [0.2, 0.25) is 0 Å². The molecule has 0 N–H and O–H groups in total. The van der Waals surface area contributed by atoms with Gasteiger partial charge >= 0.3 is 0 Å². The van der Waals surface area contributed by atoms with E-state index in [1.165, 1.54) is 46.2 Å². The highest BCUT2D eigenvalue weighted by Gasteiger charge is 2.31. The van der Waals surface area contributed by atoms with Gasteiger partial charge in [-0.1, -0.05) is 36.9 Å². The van der Waals surface area contributed by atoms with Gasteiger partial charge in [0, 0.05) is 24.4 Å². The first-order valence-corrected chi connectivity index (χ1v) is 12.1. The van der Waals surface area contributed by atoms with Crippen LogP contribution in [0.25, 0.3) is 4.85 Å². The molecular formula is C28H23FN2O2S. The zero-order chi connectivity index (χ0) is 23.8. The number of benzene rings is 2. The van der Waals surface area contributed by atoms with Crippen LogP contribution in [0.3, 0.4) is 0 Å². The summed E-state index contributed by atoms with van der Waals surface area (Å²) in [4.78, 5) is 32.4. The number of rotatable bonds is 5. The van der Waals surface area contributed by atoms with Crippen molar-refractivity contribution in [2.45, 2.75) is 44.7 Å². The minimum atomic E-state index is -0.528. The molecule has 1 atom stereocenters. The molecule has 1 unspecified atom stereocenters. The van der Waals surface area contributed by atoms with E-state index in [1.807, 2.05) is 4.90 Å². The van der Waals surface area contributed by atoms with E-state index in [9.17, 15) is 14.0 Å². The van der Waals surface area contributed by atoms with Crippen molar-refractivity contribution >= 4 is 28.7 Å². The SMILES string of the molecule is [C-]#[N+]c1c(CC(=O)c2ccccc2F)sc2c1CCC(c1cccc3c1CN(C(=O)C=C)C3)C2. The van der Waals surface area contributed by atoms with Crippen LogP contribution in [0.5, 0.6) is 0 Å². The number of amides is 1. The van der Waals surface area contributed by atoms with E-state index in [0.29, 0.717) is 24.7 Å². The van der Waals surface area contributed by atoms with E-state index in [0.717, 1.165) is 34.6 Å². The molecule has 0 bridgehead atoms. The Labute approximate surface area is 202 Å². The predicted molar refractivity (Wildman–Crippen MR) is 131 cm³/mol. The monoisotopic (exact) mass is 470 g/mol. The average Bonchev–Trinajstić information content (AvgIpc) is 3.44. The fourth-order valence-corrected chi connectivity index (χ4v) is 6.56. The van der Waals surface area contributed by atoms with Gasteiger partial charge in [0.25, 0.3) is 0 Å². The van der Waals surface area contributed by atoms with Crippen molar-refractivity contribution in [3.05, 3.63) is 110 Å². The maximum atomic E-state index is 14.1. The molecule has 1 aliphatic heterocycles. The first-order chi connectivity index (χ1) is 16.5. The number of carbonyl (C=O) groups excluding carboxylic acids is 2. The van der Waals surface area contributed by atoms with Gasteiger partial charge in [0.15, 0.2) is 5.78 Å². The van der Waals surface area contributed by atoms with Crippen molar-refractivity contribution in [1.82, 2.24) is 4.90 Å². The molecule has 170 valence electrons. The van der Waals surface area contributed by atoms with Crippen LogP contribution in [-0.2, 0) is 37.1 Å². The number of nitrogens with zero attached hydrogens (tertiary/aromatic N) is 2. The van der Waals surface area contributed by atoms with Crippen LogP contribution >= 0.6 is 11.3 Å². The Morgan fingerprint density at radius 2 is 2.00 bits per heavy atom. The molecule has 1 aliphatic carbocycles. The molecular weight excluding hydrogens is 447 g/mol. The Bertz CT molecular complexity index is 1370. The average molecular weight is 471 g/mol. The third kappa shape index (κ3) is 3.86. The van der Waals surface area contributed by atoms with E-state index in [4.69, 9.17) is 6.57 Å². The lowest BCUT2D eigenvalue weighted by molar-refractivity contribution is -0.126. The van der Waals surface area contributed by atoms with Gasteiger partial charge in [0.1, 0.15) is 5.82 Å². The lowest BCUT2D eigenvalue weighted by Gasteiger charge is -2.25. The van der Waals surface area contributed by atoms with Crippen molar-refractivity contribution in [3.63, 3.8) is 0 Å². The minimum absolute atomic E-state index is 0.0420. The maximum absolute atomic E-state index is 14.1. The Balaban J connectivity index is 1.41. The van der Waals surface area contributed by atoms with Crippen LogP contribution in [0.4, 0.5) is 10.1 Å². The molecule has 1 amide bonds. The molecule has 6 heteroatoms. The van der Waals surface area contributed by atoms with Crippen LogP contribution < -0.4 is 0 Å². The molecule has 4 nitrogen and oxygen atoms in total. The Hall–Kier alpha value is -3.56. The van der Waals surface area contributed by atoms with Gasteiger partial charge in [0.05, 0.1) is 12.1 Å². The number of carbonyl (C=O) groups is 2. The van der Waals surface area contributed by atoms with Crippen molar-refractivity contribution < 1.29 is 14.0 Å². The molecule has 2 aliphatic rings. The molecule has 1 aromatic heterocycles. The van der Waals surface area contributed by atoms with Gasteiger partial charge < -0.3 is 4.90 Å². The van der Waals surface area contributed by atoms with Crippen molar-refractivity contribution in [3.8, 4) is 0 Å². The maximum Gasteiger partial charge on any atom is 0.246 e. The van der Waals surface area contributed by atoms with E-state index in [1.54, 1.807) is 12.1 Å². The first-order valence-electron chi connectivity index (χ1n) is 11.3. The standard InChI is InChI=1S/C28H23FN2O2S/c1-3-27(33)31-15-18-7-6-9-19(22(18)16-31)17-11-12-21-25(13-17)34-26(28(21)30-2)14-24(32)20-8-4-5-10-23(20)29/h3-10,17H,1,11-16H2. The molecule has 2 aromatic carbocycles. The third-order valence-electron chi connectivity index (χ3n) is 6.86. The van der Waals surface area contributed by atoms with Crippen LogP contribution in [-0.4, -0.2) is 16.6 Å². The first kappa shape index (κ1) is 22.2. The number of hydrogen-bond donors (Lipinski definition) is 0. The summed E-state index contributed by atoms with van der Waals surface area (Å²) in [6.45, 7) is 12.5. The lowest BCUT2D eigenvalue weighted by atomic mass is 9.81. The second-order valence-electron chi connectivity index (χ2n) is 8.79. The molecule has 0 saturated heterocycles. The lowest BCUT2D eigenvalue weighted by Crippen LogP contribution is -2.23. The van der Waals surface area contributed by atoms with Gasteiger partial charge in [0.2, 0.25) is 11.6 Å². The predicted octanol–water partition coefficient (Wildman–Crippen LogP) is 6.16. The normalized spacial score (nSPS) is 16.5. The summed E-state index contributed by atoms with van der Waals surface area (Å²) in [5, 5.41) is 0. The summed E-state index contributed by atoms with van der Waals surface area (Å²) in [6, 6.07) is 12.3. The summed E-state index contributed by atoms with van der Waals surface area (Å²) in [7, 11) is 0. The summed E-state index contributed by atoms with van der Waals surface area (Å²) in [6.07, 6.45) is 3.91. The number of fused-ring (bicyclic) bond motifs is 2. The minimum Gasteiger partial charge on any atom is -0.330 e. The number of ketones is 1. The van der Waals surface area contributed by atoms with E-state index in [2.05, 4.69) is 29.6 Å². The van der Waals surface area contributed by atoms with Gasteiger partial charge in [-0.15, -0.1) is 0 Å². The topological polar surface area (TPSA) is 41.7 Å². The number of hydrogen-bond acceptors (Lipinski definition) is 3. The Kier molecular flexibility index (Phi) is 5.89. The molecule has 2 heterocycles. The van der Waals surface area contributed by atoms with Gasteiger partial charge in [-0.25, -0.2) is 9.24 Å². The van der Waals surface area contributed by atoms with Crippen LogP contribution in [0, 0.1) is 12.4 Å². The third-order valence-corrected chi connectivity index (χ3v) is 8.10. The van der Waals surface area contributed by atoms with E-state index >= 15 is 0 Å². The van der Waals surface area contributed by atoms with Gasteiger partial charge in [-0.3, -0.25) is 9.59 Å². The fraction of sp³-hybridized carbons (Fsp3) is 0.250. The molecule has 0 saturated carbocycles. The van der Waals surface area contributed by atoms with Crippen molar-refractivity contribution in [2.24, 2.45) is 0 Å². The highest BCUT2D eigenvalue weighted by molar-refractivity contribution is 7.13. The molecule has 0 spiro atoms. The molecule has 3 aromatic rings. The second kappa shape index (κ2) is 9.00. The number of halogens is 1. The molecule has 5 rings (SSSR count). The number of thiophene rings is 1. The quantitative estimate of drug-likeness (QED) is 0.254. The largest absolute Gasteiger partial charge is 0.330 e. The summed E-state index contributed by atoms with van der Waals surface area (Å²) >= 11 is 1.52. The Morgan fingerprint density at radius 1 is 1.18 bits per heavy atom. The molecule has 34 heavy (non-hydrogen) atoms. The summed E-state index contributed by atoms with van der Waals surface area (Å²) < 4.78 is 14.1. The summed E-state index contributed by atoms with van der Waals surface area (Å²) in [5.74, 6) is -0.586. The zero-order valence-electron chi connectivity index (χ0n) is 18.6. The van der Waals surface area contributed by atoms with E-state index in [-0.39, 0.29) is 23.7 Å². The smallest absolute Gasteiger partial charge is 0.246 e. The van der Waals surface area contributed by atoms with Crippen molar-refractivity contribution in [2.75, 3.05) is 0 Å². The van der Waals surface area contributed by atoms with Gasteiger partial charge in [-0.05, 0) is 70.5 Å². The molecule has 0 radical (unpaired) electrons. The highest BCUT2D eigenvalue weighted by atomic mass is 32.1. The van der Waals surface area contributed by atoms with Crippen molar-refractivity contribution in [1.29, 1.82) is 0 Å².